The van der Waals surface area contributed by atoms with E-state index in [1.54, 1.807) is 6.26 Å². The van der Waals surface area contributed by atoms with Gasteiger partial charge in [0.25, 0.3) is 0 Å². The summed E-state index contributed by atoms with van der Waals surface area (Å²) >= 11 is 0. The van der Waals surface area contributed by atoms with Gasteiger partial charge in [-0.25, -0.2) is 0 Å². The summed E-state index contributed by atoms with van der Waals surface area (Å²) in [5.41, 5.74) is 2.79. The zero-order chi connectivity index (χ0) is 12.4. The van der Waals surface area contributed by atoms with Crippen LogP contribution in [0.5, 0.6) is 0 Å². The maximum Gasteiger partial charge on any atom is 0.125 e. The lowest BCUT2D eigenvalue weighted by Crippen LogP contribution is -2.35. The Balaban J connectivity index is 2.06. The zero-order valence-electron chi connectivity index (χ0n) is 10.4. The van der Waals surface area contributed by atoms with E-state index in [0.717, 1.165) is 25.3 Å². The van der Waals surface area contributed by atoms with Gasteiger partial charge in [-0.2, -0.15) is 0 Å². The molecule has 1 atom stereocenters. The number of rotatable bonds is 3. The highest BCUT2D eigenvalue weighted by Crippen LogP contribution is 2.34. The van der Waals surface area contributed by atoms with Crippen LogP contribution in [-0.2, 0) is 6.42 Å². The molecule has 2 heterocycles. The molecule has 2 aromatic rings. The fourth-order valence-corrected chi connectivity index (χ4v) is 2.76. The number of fused-ring (bicyclic) bond motifs is 1. The molecule has 2 heteroatoms. The summed E-state index contributed by atoms with van der Waals surface area (Å²) in [6.45, 7) is 5.79. The smallest absolute Gasteiger partial charge is 0.125 e. The van der Waals surface area contributed by atoms with Crippen molar-refractivity contribution in [1.82, 2.24) is 4.90 Å². The Morgan fingerprint density at radius 3 is 2.94 bits per heavy atom. The Hall–Kier alpha value is -1.80. The summed E-state index contributed by atoms with van der Waals surface area (Å²) in [5, 5.41) is 0. The quantitative estimate of drug-likeness (QED) is 0.763. The average molecular weight is 239 g/mol. The van der Waals surface area contributed by atoms with E-state index in [2.05, 4.69) is 41.8 Å². The van der Waals surface area contributed by atoms with Crippen LogP contribution < -0.4 is 0 Å². The molecule has 0 bridgehead atoms. The molecule has 1 unspecified atom stereocenters. The molecule has 0 amide bonds. The van der Waals surface area contributed by atoms with E-state index >= 15 is 0 Å². The van der Waals surface area contributed by atoms with Gasteiger partial charge in [0.2, 0.25) is 0 Å². The summed E-state index contributed by atoms with van der Waals surface area (Å²) in [6, 6.07) is 12.9. The van der Waals surface area contributed by atoms with E-state index in [0.29, 0.717) is 0 Å². The molecular formula is C16H17NO. The molecule has 1 aromatic heterocycles. The maximum absolute atomic E-state index is 5.63. The minimum Gasteiger partial charge on any atom is -0.467 e. The van der Waals surface area contributed by atoms with Crippen molar-refractivity contribution >= 4 is 0 Å². The lowest BCUT2D eigenvalue weighted by molar-refractivity contribution is 0.212. The van der Waals surface area contributed by atoms with Crippen molar-refractivity contribution in [2.45, 2.75) is 12.5 Å². The first-order valence-corrected chi connectivity index (χ1v) is 6.36. The van der Waals surface area contributed by atoms with Gasteiger partial charge < -0.3 is 4.42 Å². The van der Waals surface area contributed by atoms with Gasteiger partial charge >= 0.3 is 0 Å². The van der Waals surface area contributed by atoms with Crippen molar-refractivity contribution in [2.24, 2.45) is 0 Å². The third-order valence-electron chi connectivity index (χ3n) is 3.56. The normalized spacial score (nSPS) is 19.4. The monoisotopic (exact) mass is 239 g/mol. The highest BCUT2D eigenvalue weighted by atomic mass is 16.3. The molecule has 1 aliphatic rings. The molecule has 0 saturated carbocycles. The number of furan rings is 1. The molecule has 0 fully saturated rings. The van der Waals surface area contributed by atoms with Crippen LogP contribution in [0.3, 0.4) is 0 Å². The number of hydrogen-bond donors (Lipinski definition) is 0. The molecule has 18 heavy (non-hydrogen) atoms. The van der Waals surface area contributed by atoms with Crippen molar-refractivity contribution < 1.29 is 4.42 Å². The third kappa shape index (κ3) is 1.89. The van der Waals surface area contributed by atoms with Crippen molar-refractivity contribution in [2.75, 3.05) is 13.1 Å². The Labute approximate surface area is 108 Å². The van der Waals surface area contributed by atoms with Crippen molar-refractivity contribution in [3.8, 4) is 0 Å². The minimum atomic E-state index is 0.225. The number of hydrogen-bond acceptors (Lipinski definition) is 2. The van der Waals surface area contributed by atoms with Gasteiger partial charge in [-0.15, -0.1) is 6.58 Å². The Morgan fingerprint density at radius 1 is 1.28 bits per heavy atom. The van der Waals surface area contributed by atoms with Crippen LogP contribution in [0.2, 0.25) is 0 Å². The summed E-state index contributed by atoms with van der Waals surface area (Å²) in [6.07, 6.45) is 4.81. The zero-order valence-corrected chi connectivity index (χ0v) is 10.4. The summed E-state index contributed by atoms with van der Waals surface area (Å²) in [5.74, 6) is 1.02. The Bertz CT molecular complexity index is 530. The highest BCUT2D eigenvalue weighted by molar-refractivity contribution is 5.37. The molecule has 0 radical (unpaired) electrons. The van der Waals surface area contributed by atoms with Crippen LogP contribution in [-0.4, -0.2) is 18.0 Å². The van der Waals surface area contributed by atoms with E-state index in [1.807, 2.05) is 12.1 Å². The maximum atomic E-state index is 5.63. The lowest BCUT2D eigenvalue weighted by Gasteiger charge is -2.35. The SMILES string of the molecule is C=CCN1CCc2ccccc2C1c1ccco1. The minimum absolute atomic E-state index is 0.225. The van der Waals surface area contributed by atoms with Crippen LogP contribution in [0.15, 0.2) is 59.7 Å². The predicted molar refractivity (Wildman–Crippen MR) is 72.5 cm³/mol. The van der Waals surface area contributed by atoms with Crippen LogP contribution in [0.25, 0.3) is 0 Å². The Kier molecular flexibility index (Phi) is 3.03. The van der Waals surface area contributed by atoms with Crippen LogP contribution in [0.4, 0.5) is 0 Å². The van der Waals surface area contributed by atoms with E-state index in [4.69, 9.17) is 4.42 Å². The lowest BCUT2D eigenvalue weighted by atomic mass is 9.91. The van der Waals surface area contributed by atoms with Gasteiger partial charge in [0, 0.05) is 13.1 Å². The van der Waals surface area contributed by atoms with E-state index < -0.39 is 0 Å². The van der Waals surface area contributed by atoms with Crippen molar-refractivity contribution in [3.05, 3.63) is 72.2 Å². The standard InChI is InChI=1S/C16H17NO/c1-2-10-17-11-9-13-6-3-4-7-14(13)16(17)15-8-5-12-18-15/h2-8,12,16H,1,9-11H2. The first kappa shape index (κ1) is 11.3. The van der Waals surface area contributed by atoms with E-state index in [-0.39, 0.29) is 6.04 Å². The van der Waals surface area contributed by atoms with E-state index in [1.165, 1.54) is 11.1 Å². The first-order valence-electron chi connectivity index (χ1n) is 6.36. The molecule has 2 nitrogen and oxygen atoms in total. The van der Waals surface area contributed by atoms with Crippen LogP contribution in [0.1, 0.15) is 22.9 Å². The second kappa shape index (κ2) is 4.83. The average Bonchev–Trinajstić information content (AvgIpc) is 2.92. The van der Waals surface area contributed by atoms with Gasteiger partial charge in [0.05, 0.1) is 12.3 Å². The summed E-state index contributed by atoms with van der Waals surface area (Å²) in [7, 11) is 0. The molecule has 92 valence electrons. The fourth-order valence-electron chi connectivity index (χ4n) is 2.76. The number of nitrogens with zero attached hydrogens (tertiary/aromatic N) is 1. The van der Waals surface area contributed by atoms with E-state index in [9.17, 15) is 0 Å². The van der Waals surface area contributed by atoms with Crippen LogP contribution in [0, 0.1) is 0 Å². The van der Waals surface area contributed by atoms with Crippen molar-refractivity contribution in [3.63, 3.8) is 0 Å². The first-order chi connectivity index (χ1) is 8.90. The molecule has 1 aromatic carbocycles. The molecule has 0 saturated heterocycles. The molecule has 0 N–H and O–H groups in total. The second-order valence-corrected chi connectivity index (χ2v) is 4.65. The van der Waals surface area contributed by atoms with Gasteiger partial charge in [-0.05, 0) is 29.7 Å². The third-order valence-corrected chi connectivity index (χ3v) is 3.56. The molecular weight excluding hydrogens is 222 g/mol. The summed E-state index contributed by atoms with van der Waals surface area (Å²) < 4.78 is 5.63. The van der Waals surface area contributed by atoms with Crippen molar-refractivity contribution in [1.29, 1.82) is 0 Å². The number of benzene rings is 1. The highest BCUT2D eigenvalue weighted by Gasteiger charge is 2.29. The summed E-state index contributed by atoms with van der Waals surface area (Å²) in [4.78, 5) is 2.41. The molecule has 0 aliphatic carbocycles. The van der Waals surface area contributed by atoms with Crippen LogP contribution >= 0.6 is 0 Å². The van der Waals surface area contributed by atoms with Gasteiger partial charge in [0.15, 0.2) is 0 Å². The predicted octanol–water partition coefficient (Wildman–Crippen LogP) is 3.41. The molecule has 0 spiro atoms. The molecule has 3 rings (SSSR count). The largest absolute Gasteiger partial charge is 0.467 e. The Morgan fingerprint density at radius 2 is 2.17 bits per heavy atom. The van der Waals surface area contributed by atoms with Gasteiger partial charge in [-0.1, -0.05) is 30.3 Å². The van der Waals surface area contributed by atoms with Gasteiger partial charge in [-0.3, -0.25) is 4.90 Å². The second-order valence-electron chi connectivity index (χ2n) is 4.65. The van der Waals surface area contributed by atoms with Gasteiger partial charge in [0.1, 0.15) is 5.76 Å². The topological polar surface area (TPSA) is 16.4 Å². The molecule has 1 aliphatic heterocycles. The fraction of sp³-hybridized carbons (Fsp3) is 0.250.